The number of aromatic nitrogens is 4. The number of hydrogen-bond acceptors (Lipinski definition) is 2. The number of rotatable bonds is 4. The molecule has 54 heavy (non-hydrogen) atoms. The molecule has 0 N–H and O–H groups in total. The van der Waals surface area contributed by atoms with E-state index in [1.807, 2.05) is 24.5 Å². The minimum atomic E-state index is 0.961. The first kappa shape index (κ1) is 29.8. The molecule has 4 heteroatoms. The van der Waals surface area contributed by atoms with Crippen LogP contribution in [0.15, 0.2) is 158 Å². The van der Waals surface area contributed by atoms with E-state index in [1.54, 1.807) is 0 Å². The van der Waals surface area contributed by atoms with Crippen LogP contribution in [0.5, 0.6) is 0 Å². The normalized spacial score (nSPS) is 13.3. The number of fused-ring (bicyclic) bond motifs is 8. The van der Waals surface area contributed by atoms with Gasteiger partial charge in [-0.3, -0.25) is 9.13 Å². The standard InChI is InChI=1S/C50H34N4/c1-3-11-31(12-4-1)33-19-23-43-39(27-33)41-29-35-17-22-38-48-36(18-21-37(47(35)48)49(41)53(43)45-15-7-9-25-51-45)30-42-40-28-34(32-13-5-2-6-14-32)20-24-44(40)54(50(38)42)46-16-8-10-26-52-46/h1-16,19-20,23-30H,17-18,21-22H2. The second-order valence-electron chi connectivity index (χ2n) is 14.8. The number of benzene rings is 6. The molecule has 0 aliphatic heterocycles. The van der Waals surface area contributed by atoms with Crippen LogP contribution in [0.1, 0.15) is 22.3 Å². The molecule has 0 fully saturated rings. The third-order valence-corrected chi connectivity index (χ3v) is 12.0. The quantitative estimate of drug-likeness (QED) is 0.184. The zero-order valence-corrected chi connectivity index (χ0v) is 29.6. The molecule has 0 amide bonds. The van der Waals surface area contributed by atoms with Gasteiger partial charge in [-0.2, -0.15) is 0 Å². The summed E-state index contributed by atoms with van der Waals surface area (Å²) in [6.07, 6.45) is 7.80. The highest BCUT2D eigenvalue weighted by Gasteiger charge is 2.33. The Hall–Kier alpha value is -6.78. The highest BCUT2D eigenvalue weighted by Crippen LogP contribution is 2.51. The first-order valence-corrected chi connectivity index (χ1v) is 19.0. The third kappa shape index (κ3) is 4.19. The van der Waals surface area contributed by atoms with Crippen LogP contribution in [0.2, 0.25) is 0 Å². The molecule has 10 aromatic rings. The molecule has 4 heterocycles. The van der Waals surface area contributed by atoms with Crippen LogP contribution >= 0.6 is 0 Å². The lowest BCUT2D eigenvalue weighted by Crippen LogP contribution is -2.16. The molecule has 0 saturated heterocycles. The van der Waals surface area contributed by atoms with Crippen molar-refractivity contribution >= 4 is 43.6 Å². The molecule has 0 radical (unpaired) electrons. The Morgan fingerprint density at radius 1 is 0.370 bits per heavy atom. The predicted molar refractivity (Wildman–Crippen MR) is 222 cm³/mol. The Morgan fingerprint density at radius 2 is 0.815 bits per heavy atom. The summed E-state index contributed by atoms with van der Waals surface area (Å²) in [5.41, 5.74) is 18.6. The first-order valence-electron chi connectivity index (χ1n) is 19.0. The fourth-order valence-corrected chi connectivity index (χ4v) is 9.73. The molecule has 0 unspecified atom stereocenters. The summed E-state index contributed by atoms with van der Waals surface area (Å²) in [6, 6.07) is 53.0. The van der Waals surface area contributed by atoms with Crippen LogP contribution in [-0.4, -0.2) is 19.1 Å². The van der Waals surface area contributed by atoms with Crippen molar-refractivity contribution < 1.29 is 0 Å². The molecule has 0 spiro atoms. The lowest BCUT2D eigenvalue weighted by Gasteiger charge is -2.31. The number of nitrogens with zero attached hydrogens (tertiary/aromatic N) is 4. The number of pyridine rings is 2. The molecule has 4 aromatic heterocycles. The lowest BCUT2D eigenvalue weighted by molar-refractivity contribution is 0.881. The van der Waals surface area contributed by atoms with Gasteiger partial charge in [0.1, 0.15) is 11.6 Å². The number of hydrogen-bond donors (Lipinski definition) is 0. The van der Waals surface area contributed by atoms with E-state index in [-0.39, 0.29) is 0 Å². The Balaban J connectivity index is 1.17. The van der Waals surface area contributed by atoms with Gasteiger partial charge in [0, 0.05) is 33.9 Å². The topological polar surface area (TPSA) is 35.6 Å². The van der Waals surface area contributed by atoms with Crippen LogP contribution in [0, 0.1) is 0 Å². The molecular weight excluding hydrogens is 657 g/mol. The summed E-state index contributed by atoms with van der Waals surface area (Å²) in [5.74, 6) is 1.92. The van der Waals surface area contributed by atoms with Gasteiger partial charge in [-0.05, 0) is 142 Å². The van der Waals surface area contributed by atoms with Gasteiger partial charge in [0.05, 0.1) is 22.1 Å². The Kier molecular flexibility index (Phi) is 6.26. The van der Waals surface area contributed by atoms with Crippen LogP contribution in [-0.2, 0) is 25.7 Å². The molecule has 2 aliphatic rings. The lowest BCUT2D eigenvalue weighted by atomic mass is 9.74. The number of aryl methyl sites for hydroxylation is 4. The van der Waals surface area contributed by atoms with Gasteiger partial charge in [-0.25, -0.2) is 9.97 Å². The minimum absolute atomic E-state index is 0.961. The molecule has 6 aromatic carbocycles. The fourth-order valence-electron chi connectivity index (χ4n) is 9.73. The van der Waals surface area contributed by atoms with Gasteiger partial charge >= 0.3 is 0 Å². The van der Waals surface area contributed by atoms with Gasteiger partial charge in [-0.15, -0.1) is 0 Å². The third-order valence-electron chi connectivity index (χ3n) is 12.0. The fraction of sp³-hybridized carbons (Fsp3) is 0.0800. The zero-order valence-electron chi connectivity index (χ0n) is 29.6. The maximum absolute atomic E-state index is 4.94. The van der Waals surface area contributed by atoms with Crippen molar-refractivity contribution in [1.29, 1.82) is 0 Å². The van der Waals surface area contributed by atoms with Crippen LogP contribution < -0.4 is 0 Å². The minimum Gasteiger partial charge on any atom is -0.293 e. The van der Waals surface area contributed by atoms with E-state index >= 15 is 0 Å². The van der Waals surface area contributed by atoms with Gasteiger partial charge < -0.3 is 0 Å². The van der Waals surface area contributed by atoms with E-state index in [1.165, 1.54) is 99.2 Å². The molecule has 0 atom stereocenters. The van der Waals surface area contributed by atoms with Crippen molar-refractivity contribution in [1.82, 2.24) is 19.1 Å². The van der Waals surface area contributed by atoms with Crippen molar-refractivity contribution in [2.24, 2.45) is 0 Å². The van der Waals surface area contributed by atoms with Crippen molar-refractivity contribution in [3.8, 4) is 45.0 Å². The summed E-state index contributed by atoms with van der Waals surface area (Å²) in [4.78, 5) is 9.88. The molecule has 4 nitrogen and oxygen atoms in total. The molecule has 0 saturated carbocycles. The summed E-state index contributed by atoms with van der Waals surface area (Å²) in [7, 11) is 0. The molecule has 254 valence electrons. The summed E-state index contributed by atoms with van der Waals surface area (Å²) >= 11 is 0. The van der Waals surface area contributed by atoms with Gasteiger partial charge in [0.15, 0.2) is 0 Å². The van der Waals surface area contributed by atoms with Crippen LogP contribution in [0.3, 0.4) is 0 Å². The SMILES string of the molecule is c1ccc(-c2ccc3c(c2)c2cc4c5c(c2n3-c2ccccn2)CCc2cc3c6cc(-c7ccccc7)ccc6n(-c6ccccn6)c3c(c2-5)CC4)cc1. The van der Waals surface area contributed by atoms with E-state index in [2.05, 4.69) is 143 Å². The summed E-state index contributed by atoms with van der Waals surface area (Å²) < 4.78 is 4.87. The van der Waals surface area contributed by atoms with Gasteiger partial charge in [0.2, 0.25) is 0 Å². The predicted octanol–water partition coefficient (Wildman–Crippen LogP) is 11.9. The second-order valence-corrected chi connectivity index (χ2v) is 14.8. The van der Waals surface area contributed by atoms with Crippen molar-refractivity contribution in [3.05, 3.63) is 180 Å². The maximum atomic E-state index is 4.94. The summed E-state index contributed by atoms with van der Waals surface area (Å²) in [5, 5.41) is 5.22. The van der Waals surface area contributed by atoms with Crippen molar-refractivity contribution in [3.63, 3.8) is 0 Å². The van der Waals surface area contributed by atoms with E-state index in [0.717, 1.165) is 37.3 Å². The second kappa shape index (κ2) is 11.4. The first-order chi connectivity index (χ1) is 26.8. The van der Waals surface area contributed by atoms with Crippen LogP contribution in [0.25, 0.3) is 88.6 Å². The zero-order chi connectivity index (χ0) is 35.3. The molecule has 12 rings (SSSR count). The van der Waals surface area contributed by atoms with E-state index in [9.17, 15) is 0 Å². The molecule has 0 bridgehead atoms. The van der Waals surface area contributed by atoms with E-state index in [4.69, 9.17) is 9.97 Å². The highest BCUT2D eigenvalue weighted by atomic mass is 15.1. The highest BCUT2D eigenvalue weighted by molar-refractivity contribution is 6.16. The Labute approximate surface area is 312 Å². The maximum Gasteiger partial charge on any atom is 0.137 e. The monoisotopic (exact) mass is 690 g/mol. The van der Waals surface area contributed by atoms with Crippen molar-refractivity contribution in [2.75, 3.05) is 0 Å². The summed E-state index contributed by atoms with van der Waals surface area (Å²) in [6.45, 7) is 0. The average Bonchev–Trinajstić information content (AvgIpc) is 3.75. The van der Waals surface area contributed by atoms with E-state index < -0.39 is 0 Å². The van der Waals surface area contributed by atoms with Gasteiger partial charge in [0.25, 0.3) is 0 Å². The average molecular weight is 691 g/mol. The van der Waals surface area contributed by atoms with Gasteiger partial charge in [-0.1, -0.05) is 84.9 Å². The Bertz CT molecular complexity index is 2910. The molecular formula is C50H34N4. The van der Waals surface area contributed by atoms with Crippen LogP contribution in [0.4, 0.5) is 0 Å². The largest absolute Gasteiger partial charge is 0.293 e. The Morgan fingerprint density at radius 3 is 1.24 bits per heavy atom. The smallest absolute Gasteiger partial charge is 0.137 e. The molecule has 2 aliphatic carbocycles. The van der Waals surface area contributed by atoms with Crippen molar-refractivity contribution in [2.45, 2.75) is 25.7 Å². The van der Waals surface area contributed by atoms with E-state index in [0.29, 0.717) is 0 Å².